The van der Waals surface area contributed by atoms with Gasteiger partial charge in [-0.3, -0.25) is 4.79 Å². The summed E-state index contributed by atoms with van der Waals surface area (Å²) >= 11 is 0. The van der Waals surface area contributed by atoms with Crippen LogP contribution >= 0.6 is 0 Å². The van der Waals surface area contributed by atoms with Crippen molar-refractivity contribution >= 4 is 23.0 Å². The molecule has 1 aromatic heterocycles. The van der Waals surface area contributed by atoms with E-state index in [1.807, 2.05) is 0 Å². The molecule has 10 unspecified atom stereocenters. The molecule has 5 saturated heterocycles. The van der Waals surface area contributed by atoms with Gasteiger partial charge in [-0.05, 0) is 49.8 Å². The molecule has 33 nitrogen and oxygen atoms in total. The predicted octanol–water partition coefficient (Wildman–Crippen LogP) is -5.52. The Bertz CT molecular complexity index is 3100. The number of carbonyl (C=O) groups excluding carboxylic acids is 1. The van der Waals surface area contributed by atoms with Gasteiger partial charge in [0.1, 0.15) is 127 Å². The zero-order valence-electron chi connectivity index (χ0n) is 44.9. The molecule has 3 aromatic carbocycles. The fourth-order valence-corrected chi connectivity index (χ4v) is 9.99. The number of carbonyl (C=O) groups is 1. The monoisotopic (exact) mass is 1230 g/mol. The van der Waals surface area contributed by atoms with E-state index in [9.17, 15) is 107 Å². The molecule has 0 radical (unpaired) electrons. The van der Waals surface area contributed by atoms with Crippen LogP contribution in [0.5, 0.6) is 46.0 Å². The van der Waals surface area contributed by atoms with E-state index in [-0.39, 0.29) is 5.56 Å². The average Bonchev–Trinajstić information content (AvgIpc) is 1.08. The maximum absolute atomic E-state index is 14.7. The smallest absolute Gasteiger partial charge is 0.330 e. The van der Waals surface area contributed by atoms with Crippen LogP contribution in [0.15, 0.2) is 57.8 Å². The summed E-state index contributed by atoms with van der Waals surface area (Å²) < 4.78 is 68.8. The third kappa shape index (κ3) is 13.0. The topological polar surface area (TPSA) is 533 Å². The van der Waals surface area contributed by atoms with E-state index in [0.717, 1.165) is 42.5 Å². The van der Waals surface area contributed by atoms with Gasteiger partial charge in [-0.1, -0.05) is 6.07 Å². The predicted molar refractivity (Wildman–Crippen MR) is 275 cm³/mol. The van der Waals surface area contributed by atoms with Crippen molar-refractivity contribution in [2.45, 2.75) is 161 Å². The zero-order chi connectivity index (χ0) is 62.5. The first-order valence-electron chi connectivity index (χ1n) is 26.4. The van der Waals surface area contributed by atoms with Gasteiger partial charge in [0, 0.05) is 23.8 Å². The molecule has 9 rings (SSSR count). The van der Waals surface area contributed by atoms with Gasteiger partial charge in [0.2, 0.25) is 29.5 Å². The lowest BCUT2D eigenvalue weighted by atomic mass is 9.96. The normalized spacial score (nSPS) is 37.8. The Morgan fingerprint density at radius 2 is 1.10 bits per heavy atom. The number of aromatic hydroxyl groups is 6. The molecule has 0 spiro atoms. The van der Waals surface area contributed by atoms with Gasteiger partial charge in [-0.25, -0.2) is 4.79 Å². The van der Waals surface area contributed by atoms with Crippen molar-refractivity contribution in [3.8, 4) is 57.3 Å². The summed E-state index contributed by atoms with van der Waals surface area (Å²) in [5.74, 6) is -8.17. The number of ether oxygens (including phenoxy) is 11. The van der Waals surface area contributed by atoms with Crippen LogP contribution in [0, 0.1) is 0 Å². The lowest BCUT2D eigenvalue weighted by molar-refractivity contribution is -0.388. The Hall–Kier alpha value is -6.36. The minimum atomic E-state index is -2.26. The standard InChI is InChI=1S/C53H64O33/c1-15-31(62)37(68)42(73)50(77-15)81-28-14-76-49(41(72)35(28)66)83-45-23(59)8-18(9-24(45)60)44-46(36(67)30-22(58)10-19(55)11-25(30)79-44)84-52-47(39(70)32(63)16(2)78-52)86-53-48(85-51-43(74)38(69)33(64)26(12-54)80-51)40(71)34(65)27(82-53)13-75-29(61)6-4-17-3-5-20(56)21(57)7-17/h3-11,15-16,26-28,31-35,37-43,47-60,62-66,68-74H,12-14H2,1-2H3/b6-4+/t15-,16?,26?,27?,28+,31-,32-,33+,34+,35?,37?,38?,39-,40?,41+,42?,43+,47?,48?,49-,50-,51-,52-,53-/m0/s1. The lowest BCUT2D eigenvalue weighted by Crippen LogP contribution is -2.67. The molecule has 5 aliphatic rings. The molecule has 86 heavy (non-hydrogen) atoms. The third-order valence-corrected chi connectivity index (χ3v) is 14.9. The third-order valence-electron chi connectivity index (χ3n) is 14.9. The molecule has 0 bridgehead atoms. The molecule has 0 amide bonds. The van der Waals surface area contributed by atoms with Gasteiger partial charge >= 0.3 is 5.97 Å². The maximum atomic E-state index is 14.7. The van der Waals surface area contributed by atoms with Crippen LogP contribution in [-0.4, -0.2) is 270 Å². The summed E-state index contributed by atoms with van der Waals surface area (Å²) in [6.45, 7) is 0.137. The quantitative estimate of drug-likeness (QED) is 0.0283. The number of phenols is 6. The summed E-state index contributed by atoms with van der Waals surface area (Å²) in [7, 11) is 0. The fraction of sp³-hybridized carbons (Fsp3) is 0.547. The SMILES string of the molecule is CC1O[C@@H](Oc2c(-c3cc(O)c(O[C@@H]4OC[C@@H](O[C@@H]5O[C@@H](C)[C@H](O)C(O)C5O)C(O)[C@H]4O)c(O)c3)oc3cc(O)cc(O)c3c2=O)C(O[C@@H]2OC(COC(=O)/C=C/c3ccc(O)c(O)c3)[C@@H](O)C(O)C2O[C@@H]2OC(CO)[C@@H](O)C(O)[C@H]2O)[C@@H](O)[C@H]1O. The number of aliphatic hydroxyl groups excluding tert-OH is 13. The largest absolute Gasteiger partial charge is 0.508 e. The second-order valence-corrected chi connectivity index (χ2v) is 20.9. The van der Waals surface area contributed by atoms with Crippen LogP contribution in [0.2, 0.25) is 0 Å². The van der Waals surface area contributed by atoms with Crippen LogP contribution in [0.1, 0.15) is 19.4 Å². The Labute approximate surface area is 483 Å². The Morgan fingerprint density at radius 3 is 1.77 bits per heavy atom. The van der Waals surface area contributed by atoms with Crippen molar-refractivity contribution in [3.63, 3.8) is 0 Å². The molecule has 19 N–H and O–H groups in total. The number of aliphatic hydroxyl groups is 13. The zero-order valence-corrected chi connectivity index (χ0v) is 44.9. The molecule has 0 saturated carbocycles. The molecule has 474 valence electrons. The molecule has 5 fully saturated rings. The second-order valence-electron chi connectivity index (χ2n) is 20.9. The van der Waals surface area contributed by atoms with Gasteiger partial charge < -0.3 is 154 Å². The van der Waals surface area contributed by atoms with Crippen molar-refractivity contribution in [3.05, 3.63) is 64.3 Å². The van der Waals surface area contributed by atoms with Crippen molar-refractivity contribution in [2.24, 2.45) is 0 Å². The first kappa shape index (κ1) is 64.1. The maximum Gasteiger partial charge on any atom is 0.330 e. The molecule has 4 aromatic rings. The highest BCUT2D eigenvalue weighted by atomic mass is 16.8. The van der Waals surface area contributed by atoms with Crippen LogP contribution in [0.4, 0.5) is 0 Å². The van der Waals surface area contributed by atoms with E-state index >= 15 is 0 Å². The lowest BCUT2D eigenvalue weighted by Gasteiger charge is -2.48. The summed E-state index contributed by atoms with van der Waals surface area (Å²) in [4.78, 5) is 27.6. The number of phenolic OH excluding ortho intramolecular Hbond substituents is 6. The number of rotatable bonds is 16. The highest BCUT2D eigenvalue weighted by Crippen LogP contribution is 2.46. The van der Waals surface area contributed by atoms with Crippen LogP contribution in [0.25, 0.3) is 28.4 Å². The summed E-state index contributed by atoms with van der Waals surface area (Å²) in [5.41, 5.74) is -2.10. The van der Waals surface area contributed by atoms with Crippen LogP contribution in [-0.2, 0) is 47.4 Å². The van der Waals surface area contributed by atoms with E-state index in [1.54, 1.807) is 0 Å². The average molecular weight is 1230 g/mol. The van der Waals surface area contributed by atoms with Gasteiger partial charge in [0.05, 0.1) is 25.4 Å². The molecule has 33 heteroatoms. The van der Waals surface area contributed by atoms with Gasteiger partial charge in [0.25, 0.3) is 0 Å². The Morgan fingerprint density at radius 1 is 0.547 bits per heavy atom. The number of hydrogen-bond acceptors (Lipinski definition) is 33. The molecular weight excluding hydrogens is 1160 g/mol. The minimum Gasteiger partial charge on any atom is -0.508 e. The molecule has 6 heterocycles. The van der Waals surface area contributed by atoms with Gasteiger partial charge in [-0.2, -0.15) is 0 Å². The van der Waals surface area contributed by atoms with E-state index in [1.165, 1.54) is 26.0 Å². The van der Waals surface area contributed by atoms with Crippen LogP contribution < -0.4 is 14.9 Å². The van der Waals surface area contributed by atoms with Crippen molar-refractivity contribution in [1.82, 2.24) is 0 Å². The highest BCUT2D eigenvalue weighted by Gasteiger charge is 2.55. The first-order chi connectivity index (χ1) is 40.7. The fourth-order valence-electron chi connectivity index (χ4n) is 9.99. The molecule has 0 aliphatic carbocycles. The Kier molecular flexibility index (Phi) is 19.5. The summed E-state index contributed by atoms with van der Waals surface area (Å²) in [5, 5.41) is 204. The number of benzene rings is 3. The van der Waals surface area contributed by atoms with E-state index in [0.29, 0.717) is 0 Å². The number of esters is 1. The Balaban J connectivity index is 1.02. The summed E-state index contributed by atoms with van der Waals surface area (Å²) in [6, 6.07) is 6.81. The first-order valence-corrected chi connectivity index (χ1v) is 26.4. The second kappa shape index (κ2) is 26.1. The minimum absolute atomic E-state index is 0.224. The van der Waals surface area contributed by atoms with Crippen molar-refractivity contribution in [2.75, 3.05) is 19.8 Å². The van der Waals surface area contributed by atoms with E-state index in [4.69, 9.17) is 56.5 Å². The molecular formula is C53H64O33. The van der Waals surface area contributed by atoms with Crippen molar-refractivity contribution in [1.29, 1.82) is 0 Å². The van der Waals surface area contributed by atoms with Gasteiger partial charge in [0.15, 0.2) is 53.7 Å². The van der Waals surface area contributed by atoms with Gasteiger partial charge in [-0.15, -0.1) is 0 Å². The van der Waals surface area contributed by atoms with Crippen molar-refractivity contribution < 1.29 is 158 Å². The highest BCUT2D eigenvalue weighted by molar-refractivity contribution is 5.89. The van der Waals surface area contributed by atoms with E-state index < -0.39 is 247 Å². The number of fused-ring (bicyclic) bond motifs is 1. The van der Waals surface area contributed by atoms with E-state index in [2.05, 4.69) is 0 Å². The number of hydrogen-bond donors (Lipinski definition) is 19. The van der Waals surface area contributed by atoms with Crippen LogP contribution in [0.3, 0.4) is 0 Å². The molecule has 5 aliphatic heterocycles. The molecule has 24 atom stereocenters. The summed E-state index contributed by atoms with van der Waals surface area (Å²) in [6.07, 6.45) is -43.2.